The highest BCUT2D eigenvalue weighted by Gasteiger charge is 2.26. The van der Waals surface area contributed by atoms with Crippen LogP contribution in [0.4, 0.5) is 18.0 Å². The van der Waals surface area contributed by atoms with Crippen molar-refractivity contribution < 1.29 is 32.2 Å². The van der Waals surface area contributed by atoms with E-state index in [1.54, 1.807) is 0 Å². The average molecular weight is 410 g/mol. The summed E-state index contributed by atoms with van der Waals surface area (Å²) < 4.78 is 51.5. The Balaban J connectivity index is 2.89. The molecule has 0 aromatic heterocycles. The Kier molecular flexibility index (Phi) is 8.35. The smallest absolute Gasteiger partial charge is 0.405 e. The number of hydrogen-bond acceptors (Lipinski definition) is 6. The molecule has 7 nitrogen and oxygen atoms in total. The number of hydrogen-bond donors (Lipinski definition) is 3. The maximum Gasteiger partial charge on any atom is 0.405 e. The van der Waals surface area contributed by atoms with Gasteiger partial charge in [0.1, 0.15) is 11.9 Å². The number of nitrogens with one attached hydrogen (secondary N) is 2. The van der Waals surface area contributed by atoms with E-state index in [2.05, 4.69) is 0 Å². The van der Waals surface area contributed by atoms with Crippen molar-refractivity contribution in [2.75, 3.05) is 6.61 Å². The van der Waals surface area contributed by atoms with Gasteiger partial charge in [-0.05, 0) is 24.6 Å². The fourth-order valence-electron chi connectivity index (χ4n) is 2.07. The molecule has 4 N–H and O–H groups in total. The zero-order valence-electron chi connectivity index (χ0n) is 14.4. The van der Waals surface area contributed by atoms with E-state index in [0.717, 1.165) is 0 Å². The Morgan fingerprint density at radius 2 is 2.00 bits per heavy atom. The minimum atomic E-state index is -4.26. The van der Waals surface area contributed by atoms with Crippen LogP contribution in [-0.2, 0) is 9.47 Å². The van der Waals surface area contributed by atoms with Gasteiger partial charge in [-0.25, -0.2) is 4.79 Å². The molecular weight excluding hydrogens is 391 g/mol. The summed E-state index contributed by atoms with van der Waals surface area (Å²) in [4.78, 5) is 11.2. The lowest BCUT2D eigenvalue weighted by atomic mass is 10.1. The van der Waals surface area contributed by atoms with Crippen LogP contribution in [0.15, 0.2) is 18.2 Å². The molecule has 150 valence electrons. The number of carbonyl (C=O) groups excluding carboxylic acids is 1. The minimum Gasteiger partial charge on any atom is -0.494 e. The van der Waals surface area contributed by atoms with Gasteiger partial charge in [-0.1, -0.05) is 11.6 Å². The van der Waals surface area contributed by atoms with E-state index in [9.17, 15) is 18.0 Å². The number of benzene rings is 1. The Morgan fingerprint density at radius 1 is 1.33 bits per heavy atom. The molecule has 0 radical (unpaired) electrons. The molecule has 0 saturated heterocycles. The van der Waals surface area contributed by atoms with Crippen LogP contribution in [0.25, 0.3) is 0 Å². The lowest BCUT2D eigenvalue weighted by molar-refractivity contribution is -0.136. The van der Waals surface area contributed by atoms with Crippen molar-refractivity contribution in [3.05, 3.63) is 28.8 Å². The molecule has 27 heavy (non-hydrogen) atoms. The largest absolute Gasteiger partial charge is 0.494 e. The molecule has 1 unspecified atom stereocenters. The molecule has 1 aromatic carbocycles. The van der Waals surface area contributed by atoms with Crippen LogP contribution in [0.1, 0.15) is 37.9 Å². The summed E-state index contributed by atoms with van der Waals surface area (Å²) in [5.74, 6) is -0.377. The van der Waals surface area contributed by atoms with Crippen molar-refractivity contribution >= 4 is 29.5 Å². The van der Waals surface area contributed by atoms with E-state index >= 15 is 0 Å². The average Bonchev–Trinajstić information content (AvgIpc) is 2.50. The Hall–Kier alpha value is -2.49. The molecule has 0 spiro atoms. The van der Waals surface area contributed by atoms with Crippen LogP contribution >= 0.6 is 11.6 Å². The molecule has 1 amide bonds. The zero-order chi connectivity index (χ0) is 20.6. The van der Waals surface area contributed by atoms with E-state index < -0.39 is 24.8 Å². The Labute approximate surface area is 158 Å². The van der Waals surface area contributed by atoms with Crippen LogP contribution in [0.5, 0.6) is 5.75 Å². The van der Waals surface area contributed by atoms with Gasteiger partial charge in [-0.2, -0.15) is 13.2 Å². The topological polar surface area (TPSA) is 118 Å². The molecule has 0 bridgehead atoms. The maximum absolute atomic E-state index is 12.2. The van der Waals surface area contributed by atoms with Crippen molar-refractivity contribution in [2.24, 2.45) is 5.73 Å². The second-order valence-electron chi connectivity index (χ2n) is 5.46. The summed E-state index contributed by atoms with van der Waals surface area (Å²) in [5, 5.41) is 15.1. The zero-order valence-corrected chi connectivity index (χ0v) is 15.1. The number of halogens is 4. The highest BCUT2D eigenvalue weighted by molar-refractivity contribution is 6.31. The SMILES string of the molecule is CC(=N)OC(=N)CC(OC(N)=O)c1cc(OCCCC(F)(F)F)ccc1Cl. The normalized spacial score (nSPS) is 12.2. The number of carbonyl (C=O) groups is 1. The van der Waals surface area contributed by atoms with Gasteiger partial charge < -0.3 is 19.9 Å². The third-order valence-corrected chi connectivity index (χ3v) is 3.44. The number of nitrogens with two attached hydrogens (primary N) is 1. The van der Waals surface area contributed by atoms with Gasteiger partial charge in [-0.3, -0.25) is 10.8 Å². The fraction of sp³-hybridized carbons (Fsp3) is 0.438. The molecule has 0 aliphatic rings. The summed E-state index contributed by atoms with van der Waals surface area (Å²) in [7, 11) is 0. The predicted octanol–water partition coefficient (Wildman–Crippen LogP) is 4.58. The van der Waals surface area contributed by atoms with Gasteiger partial charge in [0.2, 0.25) is 0 Å². The van der Waals surface area contributed by atoms with Gasteiger partial charge in [0, 0.05) is 23.9 Å². The molecular formula is C16H19ClF3N3O4. The first-order chi connectivity index (χ1) is 12.5. The highest BCUT2D eigenvalue weighted by atomic mass is 35.5. The summed E-state index contributed by atoms with van der Waals surface area (Å²) in [5.41, 5.74) is 5.28. The third-order valence-electron chi connectivity index (χ3n) is 3.09. The molecule has 0 aliphatic carbocycles. The Bertz CT molecular complexity index is 698. The van der Waals surface area contributed by atoms with Crippen LogP contribution in [0.2, 0.25) is 5.02 Å². The first-order valence-corrected chi connectivity index (χ1v) is 8.11. The van der Waals surface area contributed by atoms with Gasteiger partial charge in [0.15, 0.2) is 11.8 Å². The van der Waals surface area contributed by atoms with Gasteiger partial charge >= 0.3 is 12.3 Å². The molecule has 0 heterocycles. The summed E-state index contributed by atoms with van der Waals surface area (Å²) in [6, 6.07) is 4.25. The first kappa shape index (κ1) is 22.6. The standard InChI is InChI=1S/C16H19ClF3N3O4/c1-9(21)26-14(22)8-13(27-15(23)24)11-7-10(3-4-12(11)17)25-6-2-5-16(18,19)20/h3-4,7,13,21-22H,2,5-6,8H2,1H3,(H2,23,24). The summed E-state index contributed by atoms with van der Waals surface area (Å²) in [6.07, 6.45) is -7.93. The predicted molar refractivity (Wildman–Crippen MR) is 92.5 cm³/mol. The van der Waals surface area contributed by atoms with Crippen LogP contribution < -0.4 is 10.5 Å². The third kappa shape index (κ3) is 9.13. The lowest BCUT2D eigenvalue weighted by Crippen LogP contribution is -2.21. The number of rotatable bonds is 8. The van der Waals surface area contributed by atoms with Crippen molar-refractivity contribution in [3.63, 3.8) is 0 Å². The minimum absolute atomic E-state index is 0.170. The second kappa shape index (κ2) is 10.0. The van der Waals surface area contributed by atoms with E-state index in [1.165, 1.54) is 25.1 Å². The quantitative estimate of drug-likeness (QED) is 0.331. The molecule has 0 aliphatic heterocycles. The van der Waals surface area contributed by atoms with Crippen molar-refractivity contribution in [2.45, 2.75) is 38.5 Å². The molecule has 1 atom stereocenters. The molecule has 1 rings (SSSR count). The van der Waals surface area contributed by atoms with E-state index in [-0.39, 0.29) is 47.6 Å². The monoisotopic (exact) mass is 409 g/mol. The van der Waals surface area contributed by atoms with Gasteiger partial charge in [0.25, 0.3) is 0 Å². The number of amides is 1. The molecule has 11 heteroatoms. The molecule has 1 aromatic rings. The first-order valence-electron chi connectivity index (χ1n) is 7.73. The van der Waals surface area contributed by atoms with Crippen molar-refractivity contribution in [3.8, 4) is 5.75 Å². The number of alkyl halides is 3. The van der Waals surface area contributed by atoms with Crippen LogP contribution in [0.3, 0.4) is 0 Å². The summed E-state index contributed by atoms with van der Waals surface area (Å²) in [6.45, 7) is 1.15. The van der Waals surface area contributed by atoms with Crippen molar-refractivity contribution in [1.29, 1.82) is 10.8 Å². The second-order valence-corrected chi connectivity index (χ2v) is 5.87. The Morgan fingerprint density at radius 3 is 2.56 bits per heavy atom. The molecule has 0 fully saturated rings. The maximum atomic E-state index is 12.2. The summed E-state index contributed by atoms with van der Waals surface area (Å²) >= 11 is 6.09. The van der Waals surface area contributed by atoms with Gasteiger partial charge in [0.05, 0.1) is 13.0 Å². The number of primary amides is 1. The fourth-order valence-corrected chi connectivity index (χ4v) is 2.31. The highest BCUT2D eigenvalue weighted by Crippen LogP contribution is 2.32. The lowest BCUT2D eigenvalue weighted by Gasteiger charge is -2.19. The van der Waals surface area contributed by atoms with E-state index in [0.29, 0.717) is 0 Å². The molecule has 0 saturated carbocycles. The van der Waals surface area contributed by atoms with Crippen LogP contribution in [0, 0.1) is 10.8 Å². The van der Waals surface area contributed by atoms with Crippen molar-refractivity contribution in [1.82, 2.24) is 0 Å². The number of ether oxygens (including phenoxy) is 3. The van der Waals surface area contributed by atoms with Gasteiger partial charge in [-0.15, -0.1) is 0 Å². The van der Waals surface area contributed by atoms with E-state index in [4.69, 9.17) is 42.4 Å². The van der Waals surface area contributed by atoms with E-state index in [1.807, 2.05) is 0 Å². The van der Waals surface area contributed by atoms with Crippen LogP contribution in [-0.4, -0.2) is 30.7 Å².